The van der Waals surface area contributed by atoms with E-state index in [4.69, 9.17) is 11.6 Å². The maximum absolute atomic E-state index is 6.22. The third-order valence-electron chi connectivity index (χ3n) is 2.13. The van der Waals surface area contributed by atoms with E-state index in [0.29, 0.717) is 5.92 Å². The van der Waals surface area contributed by atoms with Gasteiger partial charge in [-0.25, -0.2) is 0 Å². The van der Waals surface area contributed by atoms with E-state index in [1.807, 2.05) is 0 Å². The van der Waals surface area contributed by atoms with Crippen LogP contribution in [0, 0.1) is 5.92 Å². The highest BCUT2D eigenvalue weighted by Crippen LogP contribution is 2.42. The molecule has 0 saturated heterocycles. The molecule has 2 aliphatic rings. The van der Waals surface area contributed by atoms with Crippen LogP contribution in [0.1, 0.15) is 6.42 Å². The molecule has 0 heterocycles. The minimum Gasteiger partial charge on any atom is -0.113 e. The van der Waals surface area contributed by atoms with Crippen molar-refractivity contribution in [2.24, 2.45) is 5.92 Å². The summed E-state index contributed by atoms with van der Waals surface area (Å²) in [4.78, 5) is -0.0799. The van der Waals surface area contributed by atoms with Crippen LogP contribution in [-0.2, 0) is 0 Å². The number of fused-ring (bicyclic) bond motifs is 1. The van der Waals surface area contributed by atoms with Crippen LogP contribution in [0.5, 0.6) is 0 Å². The van der Waals surface area contributed by atoms with Gasteiger partial charge < -0.3 is 0 Å². The molecule has 0 nitrogen and oxygen atoms in total. The van der Waals surface area contributed by atoms with Crippen LogP contribution in [-0.4, -0.2) is 4.87 Å². The predicted molar refractivity (Wildman–Crippen MR) is 44.1 cm³/mol. The van der Waals surface area contributed by atoms with E-state index in [9.17, 15) is 0 Å². The number of alkyl halides is 1. The molecule has 2 aliphatic carbocycles. The Bertz CT molecular complexity index is 225. The Kier molecular flexibility index (Phi) is 1.24. The highest BCUT2D eigenvalue weighted by Gasteiger charge is 2.36. The standard InChI is InChI=1S/C9H9Cl/c10-9-6-3-1-2-4-8(9)5-7-9/h1-5,7-8H,6H2/t8-,9-/m1/s1. The van der Waals surface area contributed by atoms with E-state index in [-0.39, 0.29) is 4.87 Å². The van der Waals surface area contributed by atoms with Gasteiger partial charge in [0.2, 0.25) is 0 Å². The first-order valence-electron chi connectivity index (χ1n) is 3.53. The monoisotopic (exact) mass is 152 g/mol. The fourth-order valence-corrected chi connectivity index (χ4v) is 1.66. The van der Waals surface area contributed by atoms with Gasteiger partial charge in [0.15, 0.2) is 0 Å². The summed E-state index contributed by atoms with van der Waals surface area (Å²) in [5.74, 6) is 0.462. The second kappa shape index (κ2) is 2.00. The van der Waals surface area contributed by atoms with Gasteiger partial charge in [0.05, 0.1) is 4.87 Å². The Morgan fingerprint density at radius 3 is 2.90 bits per heavy atom. The first-order chi connectivity index (χ1) is 4.81. The van der Waals surface area contributed by atoms with Crippen molar-refractivity contribution < 1.29 is 0 Å². The van der Waals surface area contributed by atoms with Crippen molar-refractivity contribution in [3.8, 4) is 0 Å². The average molecular weight is 153 g/mol. The number of hydrogen-bond donors (Lipinski definition) is 0. The Labute approximate surface area is 65.9 Å². The summed E-state index contributed by atoms with van der Waals surface area (Å²) < 4.78 is 0. The van der Waals surface area contributed by atoms with Gasteiger partial charge in [-0.3, -0.25) is 0 Å². The molecule has 0 aromatic rings. The van der Waals surface area contributed by atoms with Gasteiger partial charge in [-0.05, 0) is 6.42 Å². The van der Waals surface area contributed by atoms with Crippen molar-refractivity contribution in [1.29, 1.82) is 0 Å². The van der Waals surface area contributed by atoms with Crippen LogP contribution in [0.25, 0.3) is 0 Å². The van der Waals surface area contributed by atoms with Crippen molar-refractivity contribution in [3.05, 3.63) is 36.5 Å². The molecule has 2 rings (SSSR count). The zero-order valence-corrected chi connectivity index (χ0v) is 6.38. The lowest BCUT2D eigenvalue weighted by Crippen LogP contribution is -2.33. The van der Waals surface area contributed by atoms with Crippen LogP contribution in [0.15, 0.2) is 36.5 Å². The zero-order valence-electron chi connectivity index (χ0n) is 5.63. The van der Waals surface area contributed by atoms with E-state index in [2.05, 4.69) is 36.5 Å². The minimum atomic E-state index is -0.0799. The average Bonchev–Trinajstić information content (AvgIpc) is 2.01. The van der Waals surface area contributed by atoms with E-state index in [0.717, 1.165) is 6.42 Å². The summed E-state index contributed by atoms with van der Waals surface area (Å²) in [6, 6.07) is 0. The summed E-state index contributed by atoms with van der Waals surface area (Å²) in [6.45, 7) is 0. The van der Waals surface area contributed by atoms with Crippen molar-refractivity contribution in [3.63, 3.8) is 0 Å². The molecule has 0 unspecified atom stereocenters. The Morgan fingerprint density at radius 2 is 2.20 bits per heavy atom. The minimum absolute atomic E-state index is 0.0799. The molecule has 10 heavy (non-hydrogen) atoms. The van der Waals surface area contributed by atoms with Crippen molar-refractivity contribution in [1.82, 2.24) is 0 Å². The lowest BCUT2D eigenvalue weighted by Gasteiger charge is -2.34. The molecule has 1 heteroatoms. The Balaban J connectivity index is 2.30. The summed E-state index contributed by atoms with van der Waals surface area (Å²) in [6.07, 6.45) is 13.6. The number of halogens is 1. The molecule has 0 aromatic heterocycles. The highest BCUT2D eigenvalue weighted by atomic mass is 35.5. The molecule has 0 aliphatic heterocycles. The van der Waals surface area contributed by atoms with Crippen LogP contribution >= 0.6 is 11.6 Å². The van der Waals surface area contributed by atoms with Gasteiger partial charge in [0, 0.05) is 5.92 Å². The molecule has 0 fully saturated rings. The molecule has 0 aromatic carbocycles. The third kappa shape index (κ3) is 0.757. The zero-order chi connectivity index (χ0) is 7.03. The first kappa shape index (κ1) is 6.23. The van der Waals surface area contributed by atoms with E-state index in [1.54, 1.807) is 0 Å². The van der Waals surface area contributed by atoms with Crippen LogP contribution in [0.2, 0.25) is 0 Å². The topological polar surface area (TPSA) is 0 Å². The summed E-state index contributed by atoms with van der Waals surface area (Å²) in [5, 5.41) is 0. The molecule has 2 atom stereocenters. The molecule has 0 N–H and O–H groups in total. The number of allylic oxidation sites excluding steroid dienone is 6. The largest absolute Gasteiger partial charge is 0.113 e. The van der Waals surface area contributed by atoms with E-state index in [1.165, 1.54) is 0 Å². The van der Waals surface area contributed by atoms with E-state index >= 15 is 0 Å². The first-order valence-corrected chi connectivity index (χ1v) is 3.91. The molecule has 52 valence electrons. The lowest BCUT2D eigenvalue weighted by molar-refractivity contribution is 0.553. The van der Waals surface area contributed by atoms with Crippen LogP contribution in [0.4, 0.5) is 0 Å². The summed E-state index contributed by atoms with van der Waals surface area (Å²) in [7, 11) is 0. The molecular formula is C9H9Cl. The summed E-state index contributed by atoms with van der Waals surface area (Å²) in [5.41, 5.74) is 0. The normalized spacial score (nSPS) is 42.3. The van der Waals surface area contributed by atoms with Gasteiger partial charge in [-0.1, -0.05) is 36.5 Å². The van der Waals surface area contributed by atoms with Gasteiger partial charge in [0.25, 0.3) is 0 Å². The Morgan fingerprint density at radius 1 is 1.30 bits per heavy atom. The lowest BCUT2D eigenvalue weighted by atomic mass is 9.80. The SMILES string of the molecule is Cl[C@]12C=C[C@H]1C=CC=CC2. The fraction of sp³-hybridized carbons (Fsp3) is 0.333. The molecule has 0 bridgehead atoms. The summed E-state index contributed by atoms with van der Waals surface area (Å²) >= 11 is 6.22. The molecule has 0 radical (unpaired) electrons. The van der Waals surface area contributed by atoms with Gasteiger partial charge in [-0.2, -0.15) is 0 Å². The third-order valence-corrected chi connectivity index (χ3v) is 2.66. The second-order valence-corrected chi connectivity index (χ2v) is 3.53. The fourth-order valence-electron chi connectivity index (χ4n) is 1.36. The van der Waals surface area contributed by atoms with Crippen molar-refractivity contribution >= 4 is 11.6 Å². The maximum atomic E-state index is 6.22. The number of rotatable bonds is 0. The molecule has 0 amide bonds. The van der Waals surface area contributed by atoms with Crippen LogP contribution < -0.4 is 0 Å². The second-order valence-electron chi connectivity index (χ2n) is 2.83. The predicted octanol–water partition coefficient (Wildman–Crippen LogP) is 2.67. The smallest absolute Gasteiger partial charge is 0.0757 e. The maximum Gasteiger partial charge on any atom is 0.0757 e. The van der Waals surface area contributed by atoms with E-state index < -0.39 is 0 Å². The number of hydrogen-bond acceptors (Lipinski definition) is 0. The van der Waals surface area contributed by atoms with Gasteiger partial charge in [0.1, 0.15) is 0 Å². The van der Waals surface area contributed by atoms with Crippen molar-refractivity contribution in [2.75, 3.05) is 0 Å². The van der Waals surface area contributed by atoms with Gasteiger partial charge >= 0.3 is 0 Å². The molecular weight excluding hydrogens is 144 g/mol. The molecule has 0 spiro atoms. The quantitative estimate of drug-likeness (QED) is 0.370. The highest BCUT2D eigenvalue weighted by molar-refractivity contribution is 6.26. The van der Waals surface area contributed by atoms with Crippen molar-refractivity contribution in [2.45, 2.75) is 11.3 Å². The Hall–Kier alpha value is -0.490. The van der Waals surface area contributed by atoms with Gasteiger partial charge in [-0.15, -0.1) is 11.6 Å². The molecule has 0 saturated carbocycles. The van der Waals surface area contributed by atoms with Crippen LogP contribution in [0.3, 0.4) is 0 Å².